The molecule has 1 fully saturated rings. The summed E-state index contributed by atoms with van der Waals surface area (Å²) in [6, 6.07) is -0.639. The number of imide groups is 1. The van der Waals surface area contributed by atoms with Gasteiger partial charge in [-0.15, -0.1) is 0 Å². The molecule has 0 saturated carbocycles. The summed E-state index contributed by atoms with van der Waals surface area (Å²) in [6.45, 7) is 1.21. The van der Waals surface area contributed by atoms with Crippen LogP contribution in [0, 0.1) is 0 Å². The van der Waals surface area contributed by atoms with Crippen molar-refractivity contribution in [2.75, 3.05) is 14.1 Å². The molecule has 2 unspecified atom stereocenters. The van der Waals surface area contributed by atoms with Crippen LogP contribution >= 0.6 is 0 Å². The van der Waals surface area contributed by atoms with Crippen molar-refractivity contribution in [3.8, 4) is 0 Å². The van der Waals surface area contributed by atoms with Crippen LogP contribution in [0.1, 0.15) is 6.92 Å². The molecule has 2 atom stereocenters. The Bertz CT molecular complexity index is 239. The molecule has 0 aliphatic carbocycles. The maximum atomic E-state index is 11.3. The molecule has 74 valence electrons. The number of likely N-dealkylation sites (N-methyl/N-ethyl adjacent to an activating group) is 2. The molecular formula is C7H12N2O4. The van der Waals surface area contributed by atoms with Gasteiger partial charge in [0.05, 0.1) is 0 Å². The van der Waals surface area contributed by atoms with Crippen LogP contribution < -0.4 is 0 Å². The number of rotatable bonds is 0. The van der Waals surface area contributed by atoms with Crippen LogP contribution in [-0.4, -0.2) is 57.9 Å². The van der Waals surface area contributed by atoms with Crippen LogP contribution in [0.5, 0.6) is 0 Å². The summed E-state index contributed by atoms with van der Waals surface area (Å²) in [4.78, 5) is 24.1. The van der Waals surface area contributed by atoms with Gasteiger partial charge in [-0.3, -0.25) is 14.6 Å². The lowest BCUT2D eigenvalue weighted by Gasteiger charge is -2.43. The van der Waals surface area contributed by atoms with E-state index < -0.39 is 23.8 Å². The predicted molar refractivity (Wildman–Crippen MR) is 42.6 cm³/mol. The van der Waals surface area contributed by atoms with Crippen LogP contribution in [0.25, 0.3) is 0 Å². The Morgan fingerprint density at radius 3 is 2.31 bits per heavy atom. The molecule has 0 aromatic rings. The fourth-order valence-corrected chi connectivity index (χ4v) is 1.11. The van der Waals surface area contributed by atoms with E-state index >= 15 is 0 Å². The van der Waals surface area contributed by atoms with E-state index in [0.29, 0.717) is 0 Å². The van der Waals surface area contributed by atoms with E-state index in [-0.39, 0.29) is 0 Å². The van der Waals surface area contributed by atoms with Crippen molar-refractivity contribution < 1.29 is 19.8 Å². The fourth-order valence-electron chi connectivity index (χ4n) is 1.11. The van der Waals surface area contributed by atoms with Crippen molar-refractivity contribution in [1.29, 1.82) is 0 Å². The first-order valence-electron chi connectivity index (χ1n) is 3.76. The topological polar surface area (TPSA) is 81.1 Å². The van der Waals surface area contributed by atoms with E-state index in [1.807, 2.05) is 0 Å². The second kappa shape index (κ2) is 2.68. The Balaban J connectivity index is 3.07. The number of nitrogens with zero attached hydrogens (tertiary/aromatic N) is 2. The van der Waals surface area contributed by atoms with Crippen LogP contribution in [0.3, 0.4) is 0 Å². The third-order valence-corrected chi connectivity index (χ3v) is 2.34. The number of aliphatic hydroxyl groups excluding tert-OH is 1. The number of hydrogen-bond donors (Lipinski definition) is 2. The standard InChI is InChI=1S/C7H12N2O4/c1-7(13)4(10)5(11)8(2)6(12)9(7)3/h4,10,13H,1-3H3. The van der Waals surface area contributed by atoms with Crippen molar-refractivity contribution in [2.45, 2.75) is 18.8 Å². The summed E-state index contributed by atoms with van der Waals surface area (Å²) in [5.41, 5.74) is -1.83. The van der Waals surface area contributed by atoms with Crippen molar-refractivity contribution in [3.63, 3.8) is 0 Å². The fraction of sp³-hybridized carbons (Fsp3) is 0.714. The first kappa shape index (κ1) is 9.94. The molecule has 1 saturated heterocycles. The van der Waals surface area contributed by atoms with Crippen LogP contribution in [-0.2, 0) is 4.79 Å². The average Bonchev–Trinajstić information content (AvgIpc) is 2.09. The van der Waals surface area contributed by atoms with E-state index in [1.165, 1.54) is 21.0 Å². The van der Waals surface area contributed by atoms with Gasteiger partial charge in [0.1, 0.15) is 0 Å². The number of hydrogen-bond acceptors (Lipinski definition) is 4. The second-order valence-electron chi connectivity index (χ2n) is 3.24. The lowest BCUT2D eigenvalue weighted by molar-refractivity contribution is -0.183. The first-order chi connectivity index (χ1) is 5.80. The molecular weight excluding hydrogens is 176 g/mol. The van der Waals surface area contributed by atoms with Gasteiger partial charge in [-0.05, 0) is 6.92 Å². The Morgan fingerprint density at radius 1 is 1.38 bits per heavy atom. The molecule has 0 aromatic heterocycles. The molecule has 0 bridgehead atoms. The number of amides is 3. The minimum atomic E-state index is -1.83. The molecule has 0 aromatic carbocycles. The normalized spacial score (nSPS) is 35.6. The van der Waals surface area contributed by atoms with Gasteiger partial charge < -0.3 is 10.2 Å². The molecule has 13 heavy (non-hydrogen) atoms. The Morgan fingerprint density at radius 2 is 1.85 bits per heavy atom. The highest BCUT2D eigenvalue weighted by Gasteiger charge is 2.49. The molecule has 0 radical (unpaired) electrons. The minimum absolute atomic E-state index is 0.639. The summed E-state index contributed by atoms with van der Waals surface area (Å²) in [6.07, 6.45) is -1.60. The lowest BCUT2D eigenvalue weighted by Crippen LogP contribution is -2.68. The van der Waals surface area contributed by atoms with Gasteiger partial charge in [0.25, 0.3) is 5.91 Å². The van der Waals surface area contributed by atoms with Crippen molar-refractivity contribution >= 4 is 11.9 Å². The van der Waals surface area contributed by atoms with Crippen molar-refractivity contribution in [3.05, 3.63) is 0 Å². The number of urea groups is 1. The molecule has 1 rings (SSSR count). The third-order valence-electron chi connectivity index (χ3n) is 2.34. The van der Waals surface area contributed by atoms with E-state index in [2.05, 4.69) is 0 Å². The smallest absolute Gasteiger partial charge is 0.328 e. The minimum Gasteiger partial charge on any atom is -0.379 e. The Kier molecular flexibility index (Phi) is 2.05. The van der Waals surface area contributed by atoms with Crippen LogP contribution in [0.15, 0.2) is 0 Å². The van der Waals surface area contributed by atoms with Gasteiger partial charge in [0.2, 0.25) is 0 Å². The summed E-state index contributed by atoms with van der Waals surface area (Å²) in [7, 11) is 2.56. The third kappa shape index (κ3) is 1.18. The van der Waals surface area contributed by atoms with Gasteiger partial charge in [0.15, 0.2) is 11.8 Å². The largest absolute Gasteiger partial charge is 0.379 e. The average molecular weight is 188 g/mol. The Labute approximate surface area is 75.4 Å². The van der Waals surface area contributed by atoms with Crippen LogP contribution in [0.2, 0.25) is 0 Å². The van der Waals surface area contributed by atoms with Crippen molar-refractivity contribution in [1.82, 2.24) is 9.80 Å². The highest BCUT2D eigenvalue weighted by Crippen LogP contribution is 2.22. The number of carbonyl (C=O) groups excluding carboxylic acids is 2. The molecule has 3 amide bonds. The highest BCUT2D eigenvalue weighted by atomic mass is 16.4. The maximum Gasteiger partial charge on any atom is 0.328 e. The summed E-state index contributed by atoms with van der Waals surface area (Å²) >= 11 is 0. The molecule has 0 spiro atoms. The molecule has 1 aliphatic heterocycles. The zero-order chi connectivity index (χ0) is 10.4. The molecule has 6 nitrogen and oxygen atoms in total. The monoisotopic (exact) mass is 188 g/mol. The van der Waals surface area contributed by atoms with E-state index in [1.54, 1.807) is 0 Å². The zero-order valence-electron chi connectivity index (χ0n) is 7.68. The van der Waals surface area contributed by atoms with Crippen molar-refractivity contribution in [2.24, 2.45) is 0 Å². The summed E-state index contributed by atoms with van der Waals surface area (Å²) in [5.74, 6) is -0.798. The lowest BCUT2D eigenvalue weighted by atomic mass is 10.0. The van der Waals surface area contributed by atoms with E-state index in [0.717, 1.165) is 9.80 Å². The van der Waals surface area contributed by atoms with Gasteiger partial charge in [-0.1, -0.05) is 0 Å². The van der Waals surface area contributed by atoms with Gasteiger partial charge in [-0.25, -0.2) is 4.79 Å². The molecule has 2 N–H and O–H groups in total. The summed E-state index contributed by atoms with van der Waals surface area (Å²) in [5, 5.41) is 18.9. The second-order valence-corrected chi connectivity index (χ2v) is 3.24. The quantitative estimate of drug-likeness (QED) is 0.489. The first-order valence-corrected chi connectivity index (χ1v) is 3.76. The van der Waals surface area contributed by atoms with E-state index in [9.17, 15) is 19.8 Å². The van der Waals surface area contributed by atoms with Gasteiger partial charge in [0, 0.05) is 14.1 Å². The van der Waals surface area contributed by atoms with Crippen LogP contribution in [0.4, 0.5) is 4.79 Å². The van der Waals surface area contributed by atoms with E-state index in [4.69, 9.17) is 0 Å². The summed E-state index contributed by atoms with van der Waals surface area (Å²) < 4.78 is 0. The maximum absolute atomic E-state index is 11.3. The van der Waals surface area contributed by atoms with Gasteiger partial charge in [-0.2, -0.15) is 0 Å². The Hall–Kier alpha value is -1.14. The SMILES string of the molecule is CN1C(=O)C(O)C(C)(O)N(C)C1=O. The highest BCUT2D eigenvalue weighted by molar-refractivity contribution is 5.99. The number of aliphatic hydroxyl groups is 2. The predicted octanol–water partition coefficient (Wildman–Crippen LogP) is -1.42. The van der Waals surface area contributed by atoms with Gasteiger partial charge >= 0.3 is 6.03 Å². The zero-order valence-corrected chi connectivity index (χ0v) is 7.68. The molecule has 1 aliphatic rings. The molecule has 6 heteroatoms. The molecule has 1 heterocycles. The number of carbonyl (C=O) groups is 2.